The Balaban J connectivity index is 2.04. The smallest absolute Gasteiger partial charge is 0.248 e. The van der Waals surface area contributed by atoms with Crippen LogP contribution in [-0.2, 0) is 9.59 Å². The Morgan fingerprint density at radius 3 is 2.65 bits per heavy atom. The van der Waals surface area contributed by atoms with Crippen LogP contribution in [-0.4, -0.2) is 46.3 Å². The molecule has 0 aromatic rings. The molecular weight excluding hydrogens is 272 g/mol. The Morgan fingerprint density at radius 1 is 1.30 bits per heavy atom. The maximum Gasteiger partial charge on any atom is 0.248 e. The highest BCUT2D eigenvalue weighted by atomic mass is 32.2. The molecule has 1 saturated carbocycles. The molecule has 1 saturated heterocycles. The van der Waals surface area contributed by atoms with Crippen LogP contribution in [0.25, 0.3) is 0 Å². The van der Waals surface area contributed by atoms with Crippen LogP contribution in [0.2, 0.25) is 0 Å². The van der Waals surface area contributed by atoms with Gasteiger partial charge in [-0.2, -0.15) is 11.8 Å². The highest BCUT2D eigenvalue weighted by Crippen LogP contribution is 2.33. The van der Waals surface area contributed by atoms with E-state index in [2.05, 4.69) is 12.2 Å². The van der Waals surface area contributed by atoms with Crippen LogP contribution in [0.5, 0.6) is 0 Å². The van der Waals surface area contributed by atoms with Crippen LogP contribution in [0, 0.1) is 0 Å². The van der Waals surface area contributed by atoms with Gasteiger partial charge in [-0.3, -0.25) is 9.59 Å². The van der Waals surface area contributed by atoms with Gasteiger partial charge in [-0.1, -0.05) is 26.2 Å². The summed E-state index contributed by atoms with van der Waals surface area (Å²) >= 11 is 1.89. The standard InChI is InChI=1S/C15H26N2O2S/c1-3-20-11-7-10-17-12(2)13(18)16-15(14(17)19)8-5-4-6-9-15/h12H,3-11H2,1-2H3,(H,16,18). The first-order valence-electron chi connectivity index (χ1n) is 7.81. The number of carbonyl (C=O) groups excluding carboxylic acids is 2. The third-order valence-electron chi connectivity index (χ3n) is 4.48. The fourth-order valence-electron chi connectivity index (χ4n) is 3.26. The molecule has 20 heavy (non-hydrogen) atoms. The average molecular weight is 298 g/mol. The minimum atomic E-state index is -0.584. The van der Waals surface area contributed by atoms with Crippen molar-refractivity contribution in [1.82, 2.24) is 10.2 Å². The van der Waals surface area contributed by atoms with Crippen LogP contribution >= 0.6 is 11.8 Å². The first-order valence-corrected chi connectivity index (χ1v) is 8.97. The molecule has 4 nitrogen and oxygen atoms in total. The molecule has 0 aromatic heterocycles. The molecule has 0 aromatic carbocycles. The normalized spacial score (nSPS) is 25.9. The average Bonchev–Trinajstić information content (AvgIpc) is 2.46. The lowest BCUT2D eigenvalue weighted by Gasteiger charge is -2.47. The summed E-state index contributed by atoms with van der Waals surface area (Å²) in [5, 5.41) is 3.03. The molecule has 1 atom stereocenters. The summed E-state index contributed by atoms with van der Waals surface area (Å²) in [4.78, 5) is 26.8. The van der Waals surface area contributed by atoms with Crippen molar-refractivity contribution in [3.8, 4) is 0 Å². The van der Waals surface area contributed by atoms with E-state index in [1.807, 2.05) is 23.6 Å². The van der Waals surface area contributed by atoms with Crippen molar-refractivity contribution in [2.75, 3.05) is 18.1 Å². The Labute approximate surface area is 126 Å². The molecule has 1 aliphatic carbocycles. The van der Waals surface area contributed by atoms with Crippen LogP contribution in [0.4, 0.5) is 0 Å². The summed E-state index contributed by atoms with van der Waals surface area (Å²) in [5.74, 6) is 2.34. The minimum Gasteiger partial charge on any atom is -0.340 e. The largest absolute Gasteiger partial charge is 0.340 e. The minimum absolute atomic E-state index is 0.0228. The number of rotatable bonds is 5. The Bertz CT molecular complexity index is 367. The summed E-state index contributed by atoms with van der Waals surface area (Å²) in [7, 11) is 0. The lowest BCUT2D eigenvalue weighted by atomic mass is 9.78. The highest BCUT2D eigenvalue weighted by Gasteiger charge is 2.49. The lowest BCUT2D eigenvalue weighted by Crippen LogP contribution is -2.70. The molecule has 1 heterocycles. The molecule has 114 valence electrons. The molecule has 2 fully saturated rings. The number of amides is 2. The third-order valence-corrected chi connectivity index (χ3v) is 5.46. The Morgan fingerprint density at radius 2 is 2.00 bits per heavy atom. The maximum absolute atomic E-state index is 12.8. The van der Waals surface area contributed by atoms with E-state index in [9.17, 15) is 9.59 Å². The van der Waals surface area contributed by atoms with Gasteiger partial charge in [-0.25, -0.2) is 0 Å². The number of hydrogen-bond donors (Lipinski definition) is 1. The summed E-state index contributed by atoms with van der Waals surface area (Å²) in [6.07, 6.45) is 5.85. The predicted octanol–water partition coefficient (Wildman–Crippen LogP) is 2.18. The van der Waals surface area contributed by atoms with Gasteiger partial charge in [0.15, 0.2) is 0 Å². The summed E-state index contributed by atoms with van der Waals surface area (Å²) in [6.45, 7) is 4.70. The van der Waals surface area contributed by atoms with Crippen LogP contribution in [0.15, 0.2) is 0 Å². The van der Waals surface area contributed by atoms with E-state index >= 15 is 0 Å². The lowest BCUT2D eigenvalue weighted by molar-refractivity contribution is -0.155. The van der Waals surface area contributed by atoms with E-state index in [1.165, 1.54) is 6.42 Å². The van der Waals surface area contributed by atoms with Crippen LogP contribution < -0.4 is 5.32 Å². The molecule has 1 spiro atoms. The molecule has 2 amide bonds. The first-order chi connectivity index (χ1) is 9.60. The number of nitrogens with one attached hydrogen (secondary N) is 1. The van der Waals surface area contributed by atoms with Gasteiger partial charge in [-0.15, -0.1) is 0 Å². The fourth-order valence-corrected chi connectivity index (χ4v) is 3.88. The van der Waals surface area contributed by atoms with Gasteiger partial charge < -0.3 is 10.2 Å². The molecule has 2 rings (SSSR count). The zero-order chi connectivity index (χ0) is 14.6. The molecule has 0 radical (unpaired) electrons. The molecule has 1 N–H and O–H groups in total. The van der Waals surface area contributed by atoms with Gasteiger partial charge in [0.2, 0.25) is 11.8 Å². The summed E-state index contributed by atoms with van der Waals surface area (Å²) in [6, 6.07) is -0.318. The van der Waals surface area contributed by atoms with Gasteiger partial charge in [-0.05, 0) is 37.7 Å². The Kier molecular flexibility index (Phi) is 5.35. The molecular formula is C15H26N2O2S. The van der Waals surface area contributed by atoms with Crippen LogP contribution in [0.3, 0.4) is 0 Å². The molecule has 1 unspecified atom stereocenters. The summed E-state index contributed by atoms with van der Waals surface area (Å²) < 4.78 is 0. The Hall–Kier alpha value is -0.710. The zero-order valence-corrected chi connectivity index (χ0v) is 13.4. The topological polar surface area (TPSA) is 49.4 Å². The molecule has 0 bridgehead atoms. The zero-order valence-electron chi connectivity index (χ0n) is 12.6. The third kappa shape index (κ3) is 3.13. The van der Waals surface area contributed by atoms with E-state index in [4.69, 9.17) is 0 Å². The number of piperazine rings is 1. The molecule has 5 heteroatoms. The number of carbonyl (C=O) groups is 2. The van der Waals surface area contributed by atoms with Gasteiger partial charge in [0, 0.05) is 6.54 Å². The maximum atomic E-state index is 12.8. The van der Waals surface area contributed by atoms with E-state index in [0.717, 1.165) is 43.6 Å². The SMILES string of the molecule is CCSCCCN1C(=O)C2(CCCCC2)NC(=O)C1C. The van der Waals surface area contributed by atoms with Crippen molar-refractivity contribution in [1.29, 1.82) is 0 Å². The predicted molar refractivity (Wildman–Crippen MR) is 82.7 cm³/mol. The number of nitrogens with zero attached hydrogens (tertiary/aromatic N) is 1. The van der Waals surface area contributed by atoms with Gasteiger partial charge >= 0.3 is 0 Å². The number of hydrogen-bond acceptors (Lipinski definition) is 3. The second-order valence-electron chi connectivity index (χ2n) is 5.86. The monoisotopic (exact) mass is 298 g/mol. The van der Waals surface area contributed by atoms with Crippen molar-refractivity contribution < 1.29 is 9.59 Å². The summed E-state index contributed by atoms with van der Waals surface area (Å²) in [5.41, 5.74) is -0.584. The van der Waals surface area contributed by atoms with E-state index in [1.54, 1.807) is 0 Å². The van der Waals surface area contributed by atoms with Gasteiger partial charge in [0.05, 0.1) is 0 Å². The molecule has 2 aliphatic rings. The first kappa shape index (κ1) is 15.7. The fraction of sp³-hybridized carbons (Fsp3) is 0.867. The highest BCUT2D eigenvalue weighted by molar-refractivity contribution is 7.99. The van der Waals surface area contributed by atoms with Gasteiger partial charge in [0.1, 0.15) is 11.6 Å². The van der Waals surface area contributed by atoms with E-state index < -0.39 is 5.54 Å². The van der Waals surface area contributed by atoms with Crippen molar-refractivity contribution in [3.05, 3.63) is 0 Å². The van der Waals surface area contributed by atoms with Crippen molar-refractivity contribution in [2.24, 2.45) is 0 Å². The quantitative estimate of drug-likeness (QED) is 0.792. The number of thioether (sulfide) groups is 1. The second kappa shape index (κ2) is 6.83. The molecule has 1 aliphatic heterocycles. The van der Waals surface area contributed by atoms with Crippen LogP contribution in [0.1, 0.15) is 52.4 Å². The van der Waals surface area contributed by atoms with E-state index in [-0.39, 0.29) is 17.9 Å². The van der Waals surface area contributed by atoms with E-state index in [0.29, 0.717) is 6.54 Å². The van der Waals surface area contributed by atoms with Crippen molar-refractivity contribution in [3.63, 3.8) is 0 Å². The second-order valence-corrected chi connectivity index (χ2v) is 7.25. The van der Waals surface area contributed by atoms with Gasteiger partial charge in [0.25, 0.3) is 0 Å². The van der Waals surface area contributed by atoms with Crippen molar-refractivity contribution >= 4 is 23.6 Å². The van der Waals surface area contributed by atoms with Crippen molar-refractivity contribution in [2.45, 2.75) is 64.0 Å².